The van der Waals surface area contributed by atoms with E-state index < -0.39 is 0 Å². The topological polar surface area (TPSA) is 41.6 Å². The molecule has 4 nitrogen and oxygen atoms in total. The van der Waals surface area contributed by atoms with Gasteiger partial charge in [-0.2, -0.15) is 0 Å². The van der Waals surface area contributed by atoms with Crippen molar-refractivity contribution >= 4 is 34.2 Å². The zero-order valence-corrected chi connectivity index (χ0v) is 17.2. The van der Waals surface area contributed by atoms with Crippen LogP contribution < -0.4 is 5.32 Å². The summed E-state index contributed by atoms with van der Waals surface area (Å²) in [5.41, 5.74) is 1.20. The van der Waals surface area contributed by atoms with Crippen molar-refractivity contribution < 1.29 is 9.53 Å². The van der Waals surface area contributed by atoms with Crippen LogP contribution in [0.25, 0.3) is 0 Å². The average Bonchev–Trinajstić information content (AvgIpc) is 2.90. The van der Waals surface area contributed by atoms with Gasteiger partial charge in [0, 0.05) is 49.3 Å². The van der Waals surface area contributed by atoms with Crippen LogP contribution in [-0.4, -0.2) is 49.7 Å². The highest BCUT2D eigenvalue weighted by atomic mass is 79.9. The number of carbonyl (C=O) groups is 1. The van der Waals surface area contributed by atoms with E-state index in [-0.39, 0.29) is 18.3 Å². The first-order chi connectivity index (χ1) is 11.7. The maximum Gasteiger partial charge on any atom is 0.226 e. The lowest BCUT2D eigenvalue weighted by molar-refractivity contribution is -0.136. The Balaban J connectivity index is 0.00000225. The number of ether oxygens (including phenoxy) is 1. The fourth-order valence-corrected chi connectivity index (χ4v) is 4.37. The molecular formula is C19H28BrClN2O2. The van der Waals surface area contributed by atoms with Gasteiger partial charge < -0.3 is 15.0 Å². The molecule has 2 saturated heterocycles. The van der Waals surface area contributed by atoms with Crippen molar-refractivity contribution in [3.8, 4) is 0 Å². The van der Waals surface area contributed by atoms with Crippen molar-refractivity contribution in [2.24, 2.45) is 5.92 Å². The minimum absolute atomic E-state index is 0. The highest BCUT2D eigenvalue weighted by molar-refractivity contribution is 9.10. The lowest BCUT2D eigenvalue weighted by Crippen LogP contribution is -2.42. The first-order valence-electron chi connectivity index (χ1n) is 8.94. The van der Waals surface area contributed by atoms with E-state index >= 15 is 0 Å². The molecular weight excluding hydrogens is 404 g/mol. The van der Waals surface area contributed by atoms with Crippen molar-refractivity contribution in [2.75, 3.05) is 26.8 Å². The van der Waals surface area contributed by atoms with E-state index in [1.54, 1.807) is 7.11 Å². The SMILES string of the molecule is COCCC(Cc1cccc(Br)c1)C(=O)N1CCC2CCC(C1)N2.Cl. The Bertz CT molecular complexity index is 572. The second kappa shape index (κ2) is 9.91. The van der Waals surface area contributed by atoms with Crippen LogP contribution in [0.4, 0.5) is 0 Å². The number of nitrogens with one attached hydrogen (secondary N) is 1. The van der Waals surface area contributed by atoms with Gasteiger partial charge in [0.2, 0.25) is 5.91 Å². The third kappa shape index (κ3) is 5.68. The molecule has 6 heteroatoms. The largest absolute Gasteiger partial charge is 0.385 e. The van der Waals surface area contributed by atoms with Gasteiger partial charge in [0.05, 0.1) is 0 Å². The Kier molecular flexibility index (Phi) is 8.20. The first kappa shape index (κ1) is 20.7. The Labute approximate surface area is 165 Å². The molecule has 1 N–H and O–H groups in total. The Morgan fingerprint density at radius 1 is 1.36 bits per heavy atom. The molecule has 2 heterocycles. The standard InChI is InChI=1S/C19H27BrN2O2.ClH/c1-24-10-8-15(11-14-3-2-4-16(20)12-14)19(23)22-9-7-17-5-6-18(13-22)21-17;/h2-4,12,15,17-18,21H,5-11,13H2,1H3;1H. The molecule has 0 spiro atoms. The first-order valence-corrected chi connectivity index (χ1v) is 9.73. The van der Waals surface area contributed by atoms with Crippen LogP contribution in [0.5, 0.6) is 0 Å². The maximum atomic E-state index is 13.2. The summed E-state index contributed by atoms with van der Waals surface area (Å²) < 4.78 is 6.32. The van der Waals surface area contributed by atoms with E-state index in [0.717, 1.165) is 36.8 Å². The van der Waals surface area contributed by atoms with Crippen LogP contribution in [0.15, 0.2) is 28.7 Å². The summed E-state index contributed by atoms with van der Waals surface area (Å²) in [4.78, 5) is 15.2. The van der Waals surface area contributed by atoms with Gasteiger partial charge in [-0.15, -0.1) is 12.4 Å². The van der Waals surface area contributed by atoms with Crippen molar-refractivity contribution in [3.05, 3.63) is 34.3 Å². The third-order valence-corrected chi connectivity index (χ3v) is 5.72. The van der Waals surface area contributed by atoms with Crippen LogP contribution in [0.2, 0.25) is 0 Å². The minimum atomic E-state index is -0.00382. The van der Waals surface area contributed by atoms with Crippen molar-refractivity contribution in [1.82, 2.24) is 10.2 Å². The molecule has 2 fully saturated rings. The number of benzene rings is 1. The highest BCUT2D eigenvalue weighted by Gasteiger charge is 2.33. The molecule has 1 aromatic carbocycles. The Morgan fingerprint density at radius 3 is 2.92 bits per heavy atom. The zero-order chi connectivity index (χ0) is 16.9. The Hall–Kier alpha value is -0.620. The predicted octanol–water partition coefficient (Wildman–Crippen LogP) is 3.42. The van der Waals surface area contributed by atoms with Gasteiger partial charge >= 0.3 is 0 Å². The molecule has 1 aromatic rings. The van der Waals surface area contributed by atoms with E-state index in [0.29, 0.717) is 24.6 Å². The molecule has 1 amide bonds. The summed E-state index contributed by atoms with van der Waals surface area (Å²) in [7, 11) is 1.70. The lowest BCUT2D eigenvalue weighted by Gasteiger charge is -2.28. The molecule has 2 bridgehead atoms. The van der Waals surface area contributed by atoms with Crippen LogP contribution in [0.3, 0.4) is 0 Å². The lowest BCUT2D eigenvalue weighted by atomic mass is 9.94. The van der Waals surface area contributed by atoms with Gasteiger partial charge in [0.1, 0.15) is 0 Å². The second-order valence-corrected chi connectivity index (χ2v) is 7.94. The van der Waals surface area contributed by atoms with Gasteiger partial charge in [-0.05, 0) is 49.8 Å². The smallest absolute Gasteiger partial charge is 0.226 e. The van der Waals surface area contributed by atoms with E-state index in [1.165, 1.54) is 18.4 Å². The summed E-state index contributed by atoms with van der Waals surface area (Å²) in [6.07, 6.45) is 5.09. The van der Waals surface area contributed by atoms with Gasteiger partial charge in [-0.1, -0.05) is 28.1 Å². The summed E-state index contributed by atoms with van der Waals surface area (Å²) in [5.74, 6) is 0.289. The molecule has 2 aliphatic rings. The summed E-state index contributed by atoms with van der Waals surface area (Å²) >= 11 is 3.52. The molecule has 0 radical (unpaired) electrons. The number of likely N-dealkylation sites (tertiary alicyclic amines) is 1. The van der Waals surface area contributed by atoms with Gasteiger partial charge in [0.15, 0.2) is 0 Å². The highest BCUT2D eigenvalue weighted by Crippen LogP contribution is 2.24. The average molecular weight is 432 g/mol. The van der Waals surface area contributed by atoms with E-state index in [4.69, 9.17) is 4.74 Å². The third-order valence-electron chi connectivity index (χ3n) is 5.23. The predicted molar refractivity (Wildman–Crippen MR) is 106 cm³/mol. The number of hydrogen-bond acceptors (Lipinski definition) is 3. The van der Waals surface area contributed by atoms with Gasteiger partial charge in [-0.3, -0.25) is 4.79 Å². The summed E-state index contributed by atoms with van der Waals surface area (Å²) in [6.45, 7) is 2.37. The van der Waals surface area contributed by atoms with Crippen LogP contribution in [0.1, 0.15) is 31.2 Å². The zero-order valence-electron chi connectivity index (χ0n) is 14.7. The van der Waals surface area contributed by atoms with Crippen molar-refractivity contribution in [1.29, 1.82) is 0 Å². The molecule has 140 valence electrons. The fourth-order valence-electron chi connectivity index (χ4n) is 3.92. The molecule has 0 aromatic heterocycles. The Morgan fingerprint density at radius 2 is 2.16 bits per heavy atom. The summed E-state index contributed by atoms with van der Waals surface area (Å²) in [5, 5.41) is 3.65. The molecule has 3 unspecified atom stereocenters. The monoisotopic (exact) mass is 430 g/mol. The van der Waals surface area contributed by atoms with Crippen molar-refractivity contribution in [3.63, 3.8) is 0 Å². The molecule has 25 heavy (non-hydrogen) atoms. The number of nitrogens with zero attached hydrogens (tertiary/aromatic N) is 1. The molecule has 2 aliphatic heterocycles. The molecule has 3 atom stereocenters. The van der Waals surface area contributed by atoms with E-state index in [9.17, 15) is 4.79 Å². The van der Waals surface area contributed by atoms with E-state index in [2.05, 4.69) is 38.3 Å². The number of rotatable bonds is 6. The number of amides is 1. The minimum Gasteiger partial charge on any atom is -0.385 e. The normalized spacial score (nSPS) is 23.7. The molecule has 3 rings (SSSR count). The second-order valence-electron chi connectivity index (χ2n) is 7.02. The number of halogens is 2. The number of methoxy groups -OCH3 is 1. The molecule has 0 saturated carbocycles. The van der Waals surface area contributed by atoms with Crippen LogP contribution in [-0.2, 0) is 16.0 Å². The van der Waals surface area contributed by atoms with Gasteiger partial charge in [-0.25, -0.2) is 0 Å². The quantitative estimate of drug-likeness (QED) is 0.750. The molecule has 0 aliphatic carbocycles. The van der Waals surface area contributed by atoms with Crippen LogP contribution in [0, 0.1) is 5.92 Å². The van der Waals surface area contributed by atoms with Gasteiger partial charge in [0.25, 0.3) is 0 Å². The number of hydrogen-bond donors (Lipinski definition) is 1. The number of carbonyl (C=O) groups excluding carboxylic acids is 1. The maximum absolute atomic E-state index is 13.2. The van der Waals surface area contributed by atoms with Crippen molar-refractivity contribution in [2.45, 2.75) is 44.2 Å². The fraction of sp³-hybridized carbons (Fsp3) is 0.632. The van der Waals surface area contributed by atoms with E-state index in [1.807, 2.05) is 12.1 Å². The summed E-state index contributed by atoms with van der Waals surface area (Å²) in [6, 6.07) is 9.35. The van der Waals surface area contributed by atoms with Crippen LogP contribution >= 0.6 is 28.3 Å². The number of fused-ring (bicyclic) bond motifs is 2.